The van der Waals surface area contributed by atoms with Crippen LogP contribution >= 0.6 is 11.8 Å². The average Bonchev–Trinajstić information content (AvgIpc) is 2.61. The Labute approximate surface area is 155 Å². The Hall–Kier alpha value is -2.95. The Bertz CT molecular complexity index is 916. The van der Waals surface area contributed by atoms with Gasteiger partial charge in [-0.1, -0.05) is 11.8 Å². The molecule has 0 aliphatic heterocycles. The summed E-state index contributed by atoms with van der Waals surface area (Å²) in [5, 5.41) is 3.26. The molecule has 0 radical (unpaired) electrons. The highest BCUT2D eigenvalue weighted by Crippen LogP contribution is 2.30. The lowest BCUT2D eigenvalue weighted by molar-refractivity contribution is -0.137. The minimum Gasteiger partial charge on any atom is -0.368 e. The number of alkyl halides is 3. The van der Waals surface area contributed by atoms with E-state index in [0.717, 1.165) is 24.0 Å². The van der Waals surface area contributed by atoms with E-state index >= 15 is 0 Å². The van der Waals surface area contributed by atoms with Gasteiger partial charge >= 0.3 is 6.18 Å². The summed E-state index contributed by atoms with van der Waals surface area (Å²) in [6.07, 6.45) is -3.66. The molecule has 27 heavy (non-hydrogen) atoms. The van der Waals surface area contributed by atoms with Gasteiger partial charge in [-0.05, 0) is 36.4 Å². The van der Waals surface area contributed by atoms with Gasteiger partial charge in [-0.25, -0.2) is 9.37 Å². The van der Waals surface area contributed by atoms with Crippen molar-refractivity contribution in [2.75, 3.05) is 11.1 Å². The van der Waals surface area contributed by atoms with Crippen molar-refractivity contribution in [3.63, 3.8) is 0 Å². The van der Waals surface area contributed by atoms with Crippen LogP contribution in [0.5, 0.6) is 0 Å². The van der Waals surface area contributed by atoms with Crippen molar-refractivity contribution >= 4 is 29.3 Å². The van der Waals surface area contributed by atoms with E-state index in [4.69, 9.17) is 5.73 Å². The van der Waals surface area contributed by atoms with Crippen molar-refractivity contribution in [3.8, 4) is 0 Å². The van der Waals surface area contributed by atoms with Crippen molar-refractivity contribution in [2.24, 2.45) is 0 Å². The molecule has 11 heteroatoms. The standard InChI is InChI=1S/C16H12F4N6S/c17-10-2-4-11(5-3-10)23-15-25-12(24-14(21)26-15)8-27-13-6-1-9(7-22-13)16(18,19)20/h1-7H,8H2,(H3,21,23,24,25,26). The van der Waals surface area contributed by atoms with Gasteiger partial charge in [-0.3, -0.25) is 0 Å². The molecule has 3 N–H and O–H groups in total. The maximum atomic E-state index is 12.9. The number of hydrogen-bond acceptors (Lipinski definition) is 7. The molecule has 0 amide bonds. The molecule has 3 aromatic rings. The third kappa shape index (κ3) is 5.26. The van der Waals surface area contributed by atoms with Gasteiger partial charge < -0.3 is 11.1 Å². The van der Waals surface area contributed by atoms with Crippen LogP contribution in [0.1, 0.15) is 11.4 Å². The van der Waals surface area contributed by atoms with E-state index in [1.807, 2.05) is 0 Å². The van der Waals surface area contributed by atoms with Crippen LogP contribution in [0.15, 0.2) is 47.6 Å². The van der Waals surface area contributed by atoms with Crippen LogP contribution in [0.25, 0.3) is 0 Å². The van der Waals surface area contributed by atoms with Crippen LogP contribution in [-0.4, -0.2) is 19.9 Å². The number of aromatic nitrogens is 4. The maximum absolute atomic E-state index is 12.9. The molecule has 0 spiro atoms. The van der Waals surface area contributed by atoms with Gasteiger partial charge in [-0.15, -0.1) is 0 Å². The van der Waals surface area contributed by atoms with Gasteiger partial charge in [0.05, 0.1) is 16.3 Å². The first kappa shape index (κ1) is 18.8. The monoisotopic (exact) mass is 396 g/mol. The largest absolute Gasteiger partial charge is 0.417 e. The molecule has 0 aliphatic rings. The van der Waals surface area contributed by atoms with Crippen LogP contribution in [0.3, 0.4) is 0 Å². The minimum absolute atomic E-state index is 0.0226. The summed E-state index contributed by atoms with van der Waals surface area (Å²) in [7, 11) is 0. The number of anilines is 3. The van der Waals surface area contributed by atoms with Crippen molar-refractivity contribution in [1.82, 2.24) is 19.9 Å². The number of benzene rings is 1. The van der Waals surface area contributed by atoms with Crippen LogP contribution in [0.4, 0.5) is 35.1 Å². The third-order valence-corrected chi connectivity index (χ3v) is 4.15. The van der Waals surface area contributed by atoms with Crippen molar-refractivity contribution < 1.29 is 17.6 Å². The number of rotatable bonds is 5. The topological polar surface area (TPSA) is 89.6 Å². The number of pyridine rings is 1. The van der Waals surface area contributed by atoms with E-state index in [0.29, 0.717) is 16.5 Å². The summed E-state index contributed by atoms with van der Waals surface area (Å²) in [6, 6.07) is 7.81. The number of nitrogens with zero attached hydrogens (tertiary/aromatic N) is 4. The minimum atomic E-state index is -4.43. The summed E-state index contributed by atoms with van der Waals surface area (Å²) in [5.41, 5.74) is 5.40. The van der Waals surface area contributed by atoms with E-state index < -0.39 is 11.7 Å². The molecule has 2 aromatic heterocycles. The van der Waals surface area contributed by atoms with Gasteiger partial charge in [0, 0.05) is 11.9 Å². The van der Waals surface area contributed by atoms with Crippen LogP contribution in [0, 0.1) is 5.82 Å². The molecule has 0 bridgehead atoms. The van der Waals surface area contributed by atoms with Gasteiger partial charge in [0.1, 0.15) is 11.6 Å². The summed E-state index contributed by atoms with van der Waals surface area (Å²) < 4.78 is 50.6. The number of nitrogens with two attached hydrogens (primary N) is 1. The number of nitrogens with one attached hydrogen (secondary N) is 1. The number of thioether (sulfide) groups is 1. The maximum Gasteiger partial charge on any atom is 0.417 e. The molecule has 0 aliphatic carbocycles. The fraction of sp³-hybridized carbons (Fsp3) is 0.125. The summed E-state index contributed by atoms with van der Waals surface area (Å²) in [4.78, 5) is 15.9. The normalized spacial score (nSPS) is 11.4. The Balaban J connectivity index is 1.68. The highest BCUT2D eigenvalue weighted by Gasteiger charge is 2.30. The second kappa shape index (κ2) is 7.74. The molecule has 0 saturated heterocycles. The highest BCUT2D eigenvalue weighted by molar-refractivity contribution is 7.98. The fourth-order valence-electron chi connectivity index (χ4n) is 1.99. The second-order valence-electron chi connectivity index (χ2n) is 5.24. The molecule has 1 aromatic carbocycles. The number of nitrogen functional groups attached to an aromatic ring is 1. The molecule has 0 unspecified atom stereocenters. The quantitative estimate of drug-likeness (QED) is 0.497. The zero-order valence-corrected chi connectivity index (χ0v) is 14.4. The molecular weight excluding hydrogens is 384 g/mol. The van der Waals surface area contributed by atoms with Gasteiger partial charge in [-0.2, -0.15) is 28.1 Å². The second-order valence-corrected chi connectivity index (χ2v) is 6.23. The van der Waals surface area contributed by atoms with Crippen LogP contribution in [0.2, 0.25) is 0 Å². The van der Waals surface area contributed by atoms with Gasteiger partial charge in [0.15, 0.2) is 0 Å². The van der Waals surface area contributed by atoms with E-state index in [1.165, 1.54) is 30.3 Å². The van der Waals surface area contributed by atoms with Crippen LogP contribution in [-0.2, 0) is 11.9 Å². The average molecular weight is 396 g/mol. The van der Waals surface area contributed by atoms with E-state index in [2.05, 4.69) is 25.3 Å². The Morgan fingerprint density at radius 1 is 1.00 bits per heavy atom. The zero-order chi connectivity index (χ0) is 19.4. The predicted octanol–water partition coefficient (Wildman–Crippen LogP) is 4.04. The Morgan fingerprint density at radius 3 is 2.37 bits per heavy atom. The summed E-state index contributed by atoms with van der Waals surface area (Å²) in [6.45, 7) is 0. The van der Waals surface area contributed by atoms with Gasteiger partial charge in [0.25, 0.3) is 0 Å². The highest BCUT2D eigenvalue weighted by atomic mass is 32.2. The molecular formula is C16H12F4N6S. The van der Waals surface area contributed by atoms with Crippen LogP contribution < -0.4 is 11.1 Å². The molecule has 0 atom stereocenters. The lowest BCUT2D eigenvalue weighted by Crippen LogP contribution is -2.07. The molecule has 0 fully saturated rings. The summed E-state index contributed by atoms with van der Waals surface area (Å²) in [5.74, 6) is 0.315. The first-order valence-electron chi connectivity index (χ1n) is 7.49. The molecule has 140 valence electrons. The molecule has 0 saturated carbocycles. The third-order valence-electron chi connectivity index (χ3n) is 3.21. The fourth-order valence-corrected chi connectivity index (χ4v) is 2.69. The lowest BCUT2D eigenvalue weighted by Gasteiger charge is -2.08. The van der Waals surface area contributed by atoms with Gasteiger partial charge in [0.2, 0.25) is 11.9 Å². The number of halogens is 4. The first-order valence-corrected chi connectivity index (χ1v) is 8.47. The van der Waals surface area contributed by atoms with E-state index in [-0.39, 0.29) is 23.5 Å². The zero-order valence-electron chi connectivity index (χ0n) is 13.5. The van der Waals surface area contributed by atoms with Crippen molar-refractivity contribution in [3.05, 3.63) is 59.8 Å². The molecule has 6 nitrogen and oxygen atoms in total. The Morgan fingerprint density at radius 2 is 1.74 bits per heavy atom. The lowest BCUT2D eigenvalue weighted by atomic mass is 10.3. The van der Waals surface area contributed by atoms with E-state index in [1.54, 1.807) is 0 Å². The predicted molar refractivity (Wildman–Crippen MR) is 92.7 cm³/mol. The smallest absolute Gasteiger partial charge is 0.368 e. The Kier molecular flexibility index (Phi) is 5.40. The SMILES string of the molecule is Nc1nc(CSc2ccc(C(F)(F)F)cn2)nc(Nc2ccc(F)cc2)n1. The first-order chi connectivity index (χ1) is 12.8. The molecule has 2 heterocycles. The number of hydrogen-bond donors (Lipinski definition) is 2. The van der Waals surface area contributed by atoms with Crippen molar-refractivity contribution in [2.45, 2.75) is 17.0 Å². The van der Waals surface area contributed by atoms with Crippen molar-refractivity contribution in [1.29, 1.82) is 0 Å². The summed E-state index contributed by atoms with van der Waals surface area (Å²) >= 11 is 1.15. The molecule has 3 rings (SSSR count). The van der Waals surface area contributed by atoms with E-state index in [9.17, 15) is 17.6 Å².